The minimum Gasteiger partial charge on any atom is -0.507 e. The number of H-pyrrole nitrogens is 1. The van der Waals surface area contributed by atoms with Crippen molar-refractivity contribution in [1.82, 2.24) is 9.97 Å². The molecule has 4 heteroatoms. The van der Waals surface area contributed by atoms with Crippen LogP contribution >= 0.6 is 11.3 Å². The Morgan fingerprint density at radius 2 is 1.90 bits per heavy atom. The summed E-state index contributed by atoms with van der Waals surface area (Å²) in [4.78, 5) is 7.59. The topological polar surface area (TPSA) is 48.9 Å². The lowest BCUT2D eigenvalue weighted by Crippen LogP contribution is -1.83. The van der Waals surface area contributed by atoms with Crippen molar-refractivity contribution in [1.29, 1.82) is 0 Å². The van der Waals surface area contributed by atoms with Crippen LogP contribution in [0.4, 0.5) is 0 Å². The van der Waals surface area contributed by atoms with Crippen LogP contribution in [-0.4, -0.2) is 15.1 Å². The van der Waals surface area contributed by atoms with Crippen LogP contribution in [0.15, 0.2) is 59.6 Å². The SMILES string of the molecule is Oc1ccccc1-c1c[nH]c2nccc(-c3ccsc3)c12. The Bertz CT molecular complexity index is 910. The number of aromatic hydroxyl groups is 1. The molecule has 0 aliphatic heterocycles. The first kappa shape index (κ1) is 12.2. The van der Waals surface area contributed by atoms with Gasteiger partial charge in [-0.1, -0.05) is 18.2 Å². The van der Waals surface area contributed by atoms with Crippen LogP contribution < -0.4 is 0 Å². The summed E-state index contributed by atoms with van der Waals surface area (Å²) in [6.45, 7) is 0. The number of nitrogens with zero attached hydrogens (tertiary/aromatic N) is 1. The number of benzene rings is 1. The maximum Gasteiger partial charge on any atom is 0.138 e. The van der Waals surface area contributed by atoms with Gasteiger partial charge in [-0.2, -0.15) is 11.3 Å². The molecule has 3 aromatic heterocycles. The number of nitrogens with one attached hydrogen (secondary N) is 1. The lowest BCUT2D eigenvalue weighted by atomic mass is 9.99. The van der Waals surface area contributed by atoms with E-state index in [1.54, 1.807) is 23.6 Å². The second kappa shape index (κ2) is 4.75. The van der Waals surface area contributed by atoms with E-state index in [9.17, 15) is 5.11 Å². The molecular weight excluding hydrogens is 280 g/mol. The van der Waals surface area contributed by atoms with Gasteiger partial charge in [0.1, 0.15) is 11.4 Å². The van der Waals surface area contributed by atoms with Crippen LogP contribution in [0.25, 0.3) is 33.3 Å². The zero-order valence-corrected chi connectivity index (χ0v) is 11.9. The first-order chi connectivity index (χ1) is 10.3. The van der Waals surface area contributed by atoms with E-state index in [2.05, 4.69) is 26.8 Å². The highest BCUT2D eigenvalue weighted by Crippen LogP contribution is 2.39. The molecule has 0 saturated carbocycles. The average molecular weight is 292 g/mol. The van der Waals surface area contributed by atoms with E-state index in [1.165, 1.54) is 5.56 Å². The predicted molar refractivity (Wildman–Crippen MR) is 86.5 cm³/mol. The van der Waals surface area contributed by atoms with E-state index in [1.807, 2.05) is 30.5 Å². The zero-order valence-electron chi connectivity index (χ0n) is 11.1. The van der Waals surface area contributed by atoms with Crippen LogP contribution in [0, 0.1) is 0 Å². The average Bonchev–Trinajstić information content (AvgIpc) is 3.17. The van der Waals surface area contributed by atoms with Gasteiger partial charge in [0.05, 0.1) is 0 Å². The highest BCUT2D eigenvalue weighted by Gasteiger charge is 2.14. The van der Waals surface area contributed by atoms with E-state index in [-0.39, 0.29) is 5.75 Å². The number of fused-ring (bicyclic) bond motifs is 1. The number of thiophene rings is 1. The summed E-state index contributed by atoms with van der Waals surface area (Å²) >= 11 is 1.67. The fourth-order valence-corrected chi connectivity index (χ4v) is 3.28. The molecule has 4 aromatic rings. The quantitative estimate of drug-likeness (QED) is 0.564. The first-order valence-corrected chi connectivity index (χ1v) is 7.56. The van der Waals surface area contributed by atoms with Crippen molar-refractivity contribution in [2.45, 2.75) is 0 Å². The number of hydrogen-bond acceptors (Lipinski definition) is 3. The van der Waals surface area contributed by atoms with Crippen molar-refractivity contribution in [3.8, 4) is 28.0 Å². The summed E-state index contributed by atoms with van der Waals surface area (Å²) in [5.41, 5.74) is 4.91. The van der Waals surface area contributed by atoms with Gasteiger partial charge in [-0.05, 0) is 40.1 Å². The largest absolute Gasteiger partial charge is 0.507 e. The first-order valence-electron chi connectivity index (χ1n) is 6.61. The van der Waals surface area contributed by atoms with Crippen LogP contribution in [0.5, 0.6) is 5.75 Å². The molecule has 0 aliphatic rings. The fraction of sp³-hybridized carbons (Fsp3) is 0. The normalized spacial score (nSPS) is 11.0. The Morgan fingerprint density at radius 1 is 1.00 bits per heavy atom. The lowest BCUT2D eigenvalue weighted by molar-refractivity contribution is 0.477. The van der Waals surface area contributed by atoms with Gasteiger partial charge in [0.2, 0.25) is 0 Å². The number of aromatic amines is 1. The van der Waals surface area contributed by atoms with Crippen molar-refractivity contribution < 1.29 is 5.11 Å². The summed E-state index contributed by atoms with van der Waals surface area (Å²) < 4.78 is 0. The summed E-state index contributed by atoms with van der Waals surface area (Å²) in [6.07, 6.45) is 3.71. The van der Waals surface area contributed by atoms with Crippen molar-refractivity contribution in [3.05, 3.63) is 59.6 Å². The lowest BCUT2D eigenvalue weighted by Gasteiger charge is -2.06. The minimum atomic E-state index is 0.276. The summed E-state index contributed by atoms with van der Waals surface area (Å²) in [6, 6.07) is 11.5. The fourth-order valence-electron chi connectivity index (χ4n) is 2.63. The zero-order chi connectivity index (χ0) is 14.2. The second-order valence-corrected chi connectivity index (χ2v) is 5.59. The molecule has 3 nitrogen and oxygen atoms in total. The number of pyridine rings is 1. The van der Waals surface area contributed by atoms with Gasteiger partial charge in [-0.25, -0.2) is 4.98 Å². The Hall–Kier alpha value is -2.59. The molecule has 0 bridgehead atoms. The number of phenols is 1. The highest BCUT2D eigenvalue weighted by atomic mass is 32.1. The molecule has 0 atom stereocenters. The smallest absolute Gasteiger partial charge is 0.138 e. The van der Waals surface area contributed by atoms with E-state index >= 15 is 0 Å². The van der Waals surface area contributed by atoms with Crippen LogP contribution in [0.1, 0.15) is 0 Å². The molecule has 0 aliphatic carbocycles. The third kappa shape index (κ3) is 1.92. The number of aromatic nitrogens is 2. The minimum absolute atomic E-state index is 0.276. The molecule has 0 unspecified atom stereocenters. The van der Waals surface area contributed by atoms with E-state index < -0.39 is 0 Å². The van der Waals surface area contributed by atoms with Crippen molar-refractivity contribution in [3.63, 3.8) is 0 Å². The molecule has 0 radical (unpaired) electrons. The Kier molecular flexibility index (Phi) is 2.75. The molecule has 1 aromatic carbocycles. The number of rotatable bonds is 2. The Labute approximate surface area is 125 Å². The van der Waals surface area contributed by atoms with Gasteiger partial charge in [0.15, 0.2) is 0 Å². The van der Waals surface area contributed by atoms with Crippen molar-refractivity contribution >= 4 is 22.4 Å². The molecule has 4 rings (SSSR count). The van der Waals surface area contributed by atoms with Crippen LogP contribution in [0.3, 0.4) is 0 Å². The van der Waals surface area contributed by atoms with E-state index in [0.717, 1.165) is 27.7 Å². The molecular formula is C17H12N2OS. The van der Waals surface area contributed by atoms with Gasteiger partial charge < -0.3 is 10.1 Å². The molecule has 0 fully saturated rings. The van der Waals surface area contributed by atoms with Crippen LogP contribution in [-0.2, 0) is 0 Å². The maximum atomic E-state index is 10.1. The summed E-state index contributed by atoms with van der Waals surface area (Å²) in [5, 5.41) is 15.4. The summed E-state index contributed by atoms with van der Waals surface area (Å²) in [7, 11) is 0. The van der Waals surface area contributed by atoms with Crippen molar-refractivity contribution in [2.24, 2.45) is 0 Å². The van der Waals surface area contributed by atoms with Gasteiger partial charge in [0, 0.05) is 28.9 Å². The van der Waals surface area contributed by atoms with Gasteiger partial charge in [-0.3, -0.25) is 0 Å². The predicted octanol–water partition coefficient (Wildman–Crippen LogP) is 4.66. The van der Waals surface area contributed by atoms with E-state index in [4.69, 9.17) is 0 Å². The molecule has 0 amide bonds. The highest BCUT2D eigenvalue weighted by molar-refractivity contribution is 7.08. The molecule has 102 valence electrons. The van der Waals surface area contributed by atoms with Crippen LogP contribution in [0.2, 0.25) is 0 Å². The van der Waals surface area contributed by atoms with E-state index in [0.29, 0.717) is 0 Å². The third-order valence-corrected chi connectivity index (χ3v) is 4.28. The van der Waals surface area contributed by atoms with Gasteiger partial charge in [0.25, 0.3) is 0 Å². The van der Waals surface area contributed by atoms with Crippen molar-refractivity contribution in [2.75, 3.05) is 0 Å². The second-order valence-electron chi connectivity index (χ2n) is 4.81. The summed E-state index contributed by atoms with van der Waals surface area (Å²) in [5.74, 6) is 0.276. The molecule has 0 spiro atoms. The number of hydrogen-bond donors (Lipinski definition) is 2. The monoisotopic (exact) mass is 292 g/mol. The third-order valence-electron chi connectivity index (χ3n) is 3.60. The number of phenolic OH excluding ortho intramolecular Hbond substituents is 1. The Morgan fingerprint density at radius 3 is 2.71 bits per heavy atom. The molecule has 3 heterocycles. The molecule has 21 heavy (non-hydrogen) atoms. The number of para-hydroxylation sites is 1. The molecule has 2 N–H and O–H groups in total. The standard InChI is InChI=1S/C17H12N2OS/c20-15-4-2-1-3-13(15)14-9-19-17-16(14)12(5-7-18-17)11-6-8-21-10-11/h1-10,20H,(H,18,19). The maximum absolute atomic E-state index is 10.1. The van der Waals surface area contributed by atoms with Gasteiger partial charge >= 0.3 is 0 Å². The Balaban J connectivity index is 2.06. The van der Waals surface area contributed by atoms with Gasteiger partial charge in [-0.15, -0.1) is 0 Å². The molecule has 0 saturated heterocycles.